The van der Waals surface area contributed by atoms with Crippen LogP contribution < -0.4 is 4.74 Å². The lowest BCUT2D eigenvalue weighted by Crippen LogP contribution is -2.18. The second-order valence-electron chi connectivity index (χ2n) is 5.69. The van der Waals surface area contributed by atoms with Crippen LogP contribution in [0.5, 0.6) is 5.75 Å². The van der Waals surface area contributed by atoms with Crippen molar-refractivity contribution in [2.24, 2.45) is 0 Å². The predicted molar refractivity (Wildman–Crippen MR) is 105 cm³/mol. The van der Waals surface area contributed by atoms with Crippen LogP contribution in [0.25, 0.3) is 10.8 Å². The van der Waals surface area contributed by atoms with Gasteiger partial charge in [0.15, 0.2) is 0 Å². The zero-order valence-electron chi connectivity index (χ0n) is 13.5. The lowest BCUT2D eigenvalue weighted by molar-refractivity contribution is 0.185. The highest BCUT2D eigenvalue weighted by Gasteiger charge is 2.16. The Bertz CT molecular complexity index is 720. The summed E-state index contributed by atoms with van der Waals surface area (Å²) in [7, 11) is 4.20. The monoisotopic (exact) mass is 345 g/mol. The molecule has 1 atom stereocenters. The van der Waals surface area contributed by atoms with E-state index < -0.39 is 0 Å². The summed E-state index contributed by atoms with van der Waals surface area (Å²) >= 11 is 1.76. The fourth-order valence-electron chi connectivity index (χ4n) is 2.56. The van der Waals surface area contributed by atoms with E-state index in [0.29, 0.717) is 0 Å². The zero-order valence-corrected chi connectivity index (χ0v) is 15.3. The maximum Gasteiger partial charge on any atom is 0.134 e. The van der Waals surface area contributed by atoms with Crippen molar-refractivity contribution >= 4 is 35.6 Å². The SMILES string of the molecule is CN(C)CC[C@H](Oc1cccc2ccccc12)c1cccs1.S. The average molecular weight is 346 g/mol. The maximum atomic E-state index is 6.41. The van der Waals surface area contributed by atoms with Crippen molar-refractivity contribution in [3.8, 4) is 5.75 Å². The minimum Gasteiger partial charge on any atom is -0.484 e. The molecule has 0 aliphatic heterocycles. The number of hydrogen-bond donors (Lipinski definition) is 0. The fraction of sp³-hybridized carbons (Fsp3) is 0.263. The number of rotatable bonds is 6. The largest absolute Gasteiger partial charge is 0.484 e. The normalized spacial score (nSPS) is 12.1. The van der Waals surface area contributed by atoms with E-state index in [0.717, 1.165) is 18.7 Å². The Hall–Kier alpha value is -1.49. The molecule has 122 valence electrons. The van der Waals surface area contributed by atoms with E-state index in [-0.39, 0.29) is 19.6 Å². The summed E-state index contributed by atoms with van der Waals surface area (Å²) < 4.78 is 6.41. The molecule has 3 rings (SSSR count). The molecule has 1 heterocycles. The van der Waals surface area contributed by atoms with Crippen LogP contribution in [0.2, 0.25) is 0 Å². The first-order valence-electron chi connectivity index (χ1n) is 7.56. The first-order chi connectivity index (χ1) is 10.7. The van der Waals surface area contributed by atoms with E-state index >= 15 is 0 Å². The smallest absolute Gasteiger partial charge is 0.134 e. The van der Waals surface area contributed by atoms with E-state index in [1.807, 2.05) is 0 Å². The zero-order chi connectivity index (χ0) is 15.4. The first kappa shape index (κ1) is 17.9. The van der Waals surface area contributed by atoms with Crippen molar-refractivity contribution in [3.05, 3.63) is 64.9 Å². The molecule has 1 aromatic heterocycles. The van der Waals surface area contributed by atoms with Crippen molar-refractivity contribution in [2.75, 3.05) is 20.6 Å². The van der Waals surface area contributed by atoms with Gasteiger partial charge in [-0.2, -0.15) is 13.5 Å². The Kier molecular flexibility index (Phi) is 6.51. The Balaban J connectivity index is 0.00000192. The summed E-state index contributed by atoms with van der Waals surface area (Å²) in [5.74, 6) is 0.968. The molecule has 0 saturated carbocycles. The van der Waals surface area contributed by atoms with E-state index in [2.05, 4.69) is 79.0 Å². The van der Waals surface area contributed by atoms with Crippen LogP contribution in [0.15, 0.2) is 60.0 Å². The first-order valence-corrected chi connectivity index (χ1v) is 8.44. The lowest BCUT2D eigenvalue weighted by Gasteiger charge is -2.21. The highest BCUT2D eigenvalue weighted by atomic mass is 32.1. The molecule has 0 unspecified atom stereocenters. The molecule has 4 heteroatoms. The van der Waals surface area contributed by atoms with E-state index in [4.69, 9.17) is 4.74 Å². The second-order valence-corrected chi connectivity index (χ2v) is 6.67. The molecule has 23 heavy (non-hydrogen) atoms. The molecule has 0 bridgehead atoms. The Morgan fingerprint density at radius 2 is 1.78 bits per heavy atom. The van der Waals surface area contributed by atoms with Crippen molar-refractivity contribution in [3.63, 3.8) is 0 Å². The van der Waals surface area contributed by atoms with Crippen molar-refractivity contribution in [1.29, 1.82) is 0 Å². The van der Waals surface area contributed by atoms with E-state index in [1.54, 1.807) is 11.3 Å². The Morgan fingerprint density at radius 3 is 2.52 bits per heavy atom. The molecule has 2 nitrogen and oxygen atoms in total. The van der Waals surface area contributed by atoms with E-state index in [9.17, 15) is 0 Å². The topological polar surface area (TPSA) is 12.5 Å². The minimum absolute atomic E-state index is 0. The molecule has 0 amide bonds. The molecule has 0 aliphatic carbocycles. The van der Waals surface area contributed by atoms with Gasteiger partial charge in [-0.1, -0.05) is 42.5 Å². The maximum absolute atomic E-state index is 6.41. The Morgan fingerprint density at radius 1 is 1.00 bits per heavy atom. The summed E-state index contributed by atoms with van der Waals surface area (Å²) in [5, 5.41) is 4.51. The van der Waals surface area contributed by atoms with Gasteiger partial charge >= 0.3 is 0 Å². The van der Waals surface area contributed by atoms with Gasteiger partial charge in [-0.15, -0.1) is 11.3 Å². The van der Waals surface area contributed by atoms with Crippen LogP contribution in [0.4, 0.5) is 0 Å². The molecule has 2 aromatic carbocycles. The van der Waals surface area contributed by atoms with Gasteiger partial charge in [-0.05, 0) is 37.0 Å². The summed E-state index contributed by atoms with van der Waals surface area (Å²) in [5.41, 5.74) is 0. The number of hydrogen-bond acceptors (Lipinski definition) is 3. The van der Waals surface area contributed by atoms with Crippen molar-refractivity contribution in [2.45, 2.75) is 12.5 Å². The number of nitrogens with zero attached hydrogens (tertiary/aromatic N) is 1. The van der Waals surface area contributed by atoms with Crippen molar-refractivity contribution < 1.29 is 4.74 Å². The lowest BCUT2D eigenvalue weighted by atomic mass is 10.1. The van der Waals surface area contributed by atoms with Crippen LogP contribution in [0.3, 0.4) is 0 Å². The van der Waals surface area contributed by atoms with Crippen LogP contribution in [0.1, 0.15) is 17.4 Å². The van der Waals surface area contributed by atoms with Crippen LogP contribution >= 0.6 is 24.8 Å². The minimum atomic E-state index is 0. The quantitative estimate of drug-likeness (QED) is 0.617. The van der Waals surface area contributed by atoms with Crippen LogP contribution in [-0.4, -0.2) is 25.5 Å². The number of benzene rings is 2. The molecule has 0 saturated heterocycles. The van der Waals surface area contributed by atoms with Gasteiger partial charge in [0.1, 0.15) is 11.9 Å². The highest BCUT2D eigenvalue weighted by molar-refractivity contribution is 7.59. The standard InChI is InChI=1S/C19H21NOS.H2S/c1-20(2)13-12-18(19-11-6-14-22-19)21-17-10-5-8-15-7-3-4-9-16(15)17;/h3-11,14,18H,12-13H2,1-2H3;1H2/t18-;/m0./s1. The third-order valence-electron chi connectivity index (χ3n) is 3.72. The summed E-state index contributed by atoms with van der Waals surface area (Å²) in [4.78, 5) is 3.49. The van der Waals surface area contributed by atoms with Gasteiger partial charge in [0.2, 0.25) is 0 Å². The molecular weight excluding hydrogens is 322 g/mol. The van der Waals surface area contributed by atoms with Crippen LogP contribution in [0, 0.1) is 0 Å². The third kappa shape index (κ3) is 4.50. The van der Waals surface area contributed by atoms with E-state index in [1.165, 1.54) is 15.6 Å². The fourth-order valence-corrected chi connectivity index (χ4v) is 3.35. The van der Waals surface area contributed by atoms with Gasteiger partial charge in [-0.25, -0.2) is 0 Å². The van der Waals surface area contributed by atoms with Crippen molar-refractivity contribution in [1.82, 2.24) is 4.90 Å². The van der Waals surface area contributed by atoms with Gasteiger partial charge in [0.25, 0.3) is 0 Å². The second kappa shape index (κ2) is 8.39. The number of fused-ring (bicyclic) bond motifs is 1. The summed E-state index contributed by atoms with van der Waals surface area (Å²) in [6, 6.07) is 18.9. The molecule has 0 fully saturated rings. The summed E-state index contributed by atoms with van der Waals surface area (Å²) in [6.07, 6.45) is 1.09. The third-order valence-corrected chi connectivity index (χ3v) is 4.68. The average Bonchev–Trinajstić information content (AvgIpc) is 3.05. The molecule has 0 aliphatic rings. The molecule has 0 N–H and O–H groups in total. The highest BCUT2D eigenvalue weighted by Crippen LogP contribution is 2.32. The van der Waals surface area contributed by atoms with Gasteiger partial charge < -0.3 is 9.64 Å². The number of ether oxygens (including phenoxy) is 1. The molecular formula is C19H23NOS2. The molecule has 0 spiro atoms. The Labute approximate surface area is 149 Å². The summed E-state index contributed by atoms with van der Waals surface area (Å²) in [6.45, 7) is 1.01. The predicted octanol–water partition coefficient (Wildman–Crippen LogP) is 5.09. The number of thiophene rings is 1. The molecule has 0 radical (unpaired) electrons. The van der Waals surface area contributed by atoms with Crippen LogP contribution in [-0.2, 0) is 0 Å². The van der Waals surface area contributed by atoms with Gasteiger partial charge in [0, 0.05) is 23.2 Å². The van der Waals surface area contributed by atoms with Gasteiger partial charge in [-0.3, -0.25) is 0 Å². The van der Waals surface area contributed by atoms with Gasteiger partial charge in [0.05, 0.1) is 0 Å². The molecule has 3 aromatic rings.